The molecule has 106 valence electrons. The minimum atomic E-state index is -0.434. The monoisotopic (exact) mass is 255 g/mol. The maximum Gasteiger partial charge on any atom is 0.407 e. The summed E-state index contributed by atoms with van der Waals surface area (Å²) in [6, 6.07) is 0.131. The van der Waals surface area contributed by atoms with Crippen LogP contribution in [0.3, 0.4) is 0 Å². The topological polar surface area (TPSA) is 38.3 Å². The average molecular weight is 255 g/mol. The number of rotatable bonds is 6. The SMILES string of the molecule is CC/C=C\C(CC)C[C@H](C)NC(=O)OC(C)(C)C. The van der Waals surface area contributed by atoms with Crippen LogP contribution in [0.5, 0.6) is 0 Å². The van der Waals surface area contributed by atoms with Gasteiger partial charge < -0.3 is 10.1 Å². The van der Waals surface area contributed by atoms with E-state index in [0.717, 1.165) is 19.3 Å². The third kappa shape index (κ3) is 9.08. The quantitative estimate of drug-likeness (QED) is 0.719. The number of hydrogen-bond acceptors (Lipinski definition) is 2. The Morgan fingerprint density at radius 2 is 1.94 bits per heavy atom. The van der Waals surface area contributed by atoms with Crippen molar-refractivity contribution in [2.75, 3.05) is 0 Å². The summed E-state index contributed by atoms with van der Waals surface area (Å²) in [6.45, 7) is 11.9. The number of nitrogens with one attached hydrogen (secondary N) is 1. The largest absolute Gasteiger partial charge is 0.444 e. The molecule has 1 unspecified atom stereocenters. The Bertz CT molecular complexity index is 266. The molecule has 2 atom stereocenters. The smallest absolute Gasteiger partial charge is 0.407 e. The zero-order chi connectivity index (χ0) is 14.2. The highest BCUT2D eigenvalue weighted by molar-refractivity contribution is 5.68. The van der Waals surface area contributed by atoms with Gasteiger partial charge in [0.1, 0.15) is 5.60 Å². The second kappa shape index (κ2) is 8.17. The highest BCUT2D eigenvalue weighted by Gasteiger charge is 2.18. The fourth-order valence-corrected chi connectivity index (χ4v) is 1.73. The molecular weight excluding hydrogens is 226 g/mol. The summed E-state index contributed by atoms with van der Waals surface area (Å²) in [6.07, 6.45) is 7.21. The van der Waals surface area contributed by atoms with Gasteiger partial charge in [-0.05, 0) is 52.9 Å². The number of alkyl carbamates (subject to hydrolysis) is 1. The highest BCUT2D eigenvalue weighted by atomic mass is 16.6. The molecule has 0 spiro atoms. The summed E-state index contributed by atoms with van der Waals surface area (Å²) in [5.41, 5.74) is -0.434. The van der Waals surface area contributed by atoms with E-state index in [1.165, 1.54) is 0 Å². The van der Waals surface area contributed by atoms with E-state index in [-0.39, 0.29) is 12.1 Å². The second-order valence-electron chi connectivity index (χ2n) is 5.79. The lowest BCUT2D eigenvalue weighted by Gasteiger charge is -2.23. The van der Waals surface area contributed by atoms with Crippen LogP contribution in [0.15, 0.2) is 12.2 Å². The average Bonchev–Trinajstić information content (AvgIpc) is 2.20. The first-order chi connectivity index (χ1) is 8.28. The van der Waals surface area contributed by atoms with Crippen LogP contribution in [0, 0.1) is 5.92 Å². The predicted octanol–water partition coefficient (Wildman–Crippen LogP) is 4.28. The van der Waals surface area contributed by atoms with Gasteiger partial charge in [-0.25, -0.2) is 4.79 Å². The molecule has 0 aliphatic heterocycles. The van der Waals surface area contributed by atoms with E-state index in [1.807, 2.05) is 27.7 Å². The Balaban J connectivity index is 4.12. The van der Waals surface area contributed by atoms with E-state index in [2.05, 4.69) is 31.3 Å². The first-order valence-electron chi connectivity index (χ1n) is 6.94. The molecule has 0 aromatic heterocycles. The van der Waals surface area contributed by atoms with Gasteiger partial charge in [-0.1, -0.05) is 26.0 Å². The molecule has 0 aliphatic rings. The zero-order valence-electron chi connectivity index (χ0n) is 12.7. The summed E-state index contributed by atoms with van der Waals surface area (Å²) in [5, 5.41) is 2.88. The molecule has 0 heterocycles. The van der Waals surface area contributed by atoms with Crippen LogP contribution in [0.4, 0.5) is 4.79 Å². The molecule has 0 saturated heterocycles. The standard InChI is InChI=1S/C15H29NO2/c1-7-9-10-13(8-2)11-12(3)16-14(17)18-15(4,5)6/h9-10,12-13H,7-8,11H2,1-6H3,(H,16,17)/b10-9-/t12-,13?/m0/s1. The van der Waals surface area contributed by atoms with Crippen molar-refractivity contribution in [1.82, 2.24) is 5.32 Å². The van der Waals surface area contributed by atoms with Gasteiger partial charge in [0.25, 0.3) is 0 Å². The first kappa shape index (κ1) is 17.0. The van der Waals surface area contributed by atoms with E-state index in [0.29, 0.717) is 5.92 Å². The molecule has 1 N–H and O–H groups in total. The molecule has 18 heavy (non-hydrogen) atoms. The molecule has 3 heteroatoms. The summed E-state index contributed by atoms with van der Waals surface area (Å²) < 4.78 is 5.24. The van der Waals surface area contributed by atoms with Crippen molar-refractivity contribution in [1.29, 1.82) is 0 Å². The molecule has 3 nitrogen and oxygen atoms in total. The molecule has 0 aromatic rings. The number of carbonyl (C=O) groups is 1. The van der Waals surface area contributed by atoms with Gasteiger partial charge in [0.05, 0.1) is 0 Å². The van der Waals surface area contributed by atoms with Crippen LogP contribution in [-0.2, 0) is 4.74 Å². The molecular formula is C15H29NO2. The Morgan fingerprint density at radius 3 is 2.39 bits per heavy atom. The van der Waals surface area contributed by atoms with Gasteiger partial charge >= 0.3 is 6.09 Å². The van der Waals surface area contributed by atoms with Gasteiger partial charge in [-0.2, -0.15) is 0 Å². The van der Waals surface area contributed by atoms with Gasteiger partial charge in [-0.15, -0.1) is 0 Å². The third-order valence-corrected chi connectivity index (χ3v) is 2.59. The van der Waals surface area contributed by atoms with E-state index in [1.54, 1.807) is 0 Å². The van der Waals surface area contributed by atoms with Gasteiger partial charge in [-0.3, -0.25) is 0 Å². The van der Waals surface area contributed by atoms with Crippen molar-refractivity contribution in [2.45, 2.75) is 72.4 Å². The molecule has 1 amide bonds. The number of amides is 1. The zero-order valence-corrected chi connectivity index (χ0v) is 12.7. The Kier molecular flexibility index (Phi) is 7.72. The maximum absolute atomic E-state index is 11.6. The van der Waals surface area contributed by atoms with Crippen LogP contribution < -0.4 is 5.32 Å². The third-order valence-electron chi connectivity index (χ3n) is 2.59. The summed E-state index contributed by atoms with van der Waals surface area (Å²) in [5.74, 6) is 0.523. The summed E-state index contributed by atoms with van der Waals surface area (Å²) in [7, 11) is 0. The van der Waals surface area contributed by atoms with Crippen LogP contribution in [-0.4, -0.2) is 17.7 Å². The molecule has 0 fully saturated rings. The maximum atomic E-state index is 11.6. The van der Waals surface area contributed by atoms with Gasteiger partial charge in [0, 0.05) is 6.04 Å². The fraction of sp³-hybridized carbons (Fsp3) is 0.800. The van der Waals surface area contributed by atoms with Crippen molar-refractivity contribution in [3.05, 3.63) is 12.2 Å². The highest BCUT2D eigenvalue weighted by Crippen LogP contribution is 2.14. The number of carbonyl (C=O) groups excluding carboxylic acids is 1. The number of hydrogen-bond donors (Lipinski definition) is 1. The molecule has 0 aromatic carbocycles. The molecule has 0 rings (SSSR count). The number of allylic oxidation sites excluding steroid dienone is 2. The van der Waals surface area contributed by atoms with Crippen LogP contribution in [0.25, 0.3) is 0 Å². The molecule has 0 bridgehead atoms. The first-order valence-corrected chi connectivity index (χ1v) is 6.94. The van der Waals surface area contributed by atoms with E-state index >= 15 is 0 Å². The normalized spacial score (nSPS) is 15.4. The van der Waals surface area contributed by atoms with Crippen LogP contribution >= 0.6 is 0 Å². The van der Waals surface area contributed by atoms with E-state index < -0.39 is 5.60 Å². The van der Waals surface area contributed by atoms with Gasteiger partial charge in [0.15, 0.2) is 0 Å². The lowest BCUT2D eigenvalue weighted by Crippen LogP contribution is -2.38. The molecule has 0 radical (unpaired) electrons. The number of ether oxygens (including phenoxy) is 1. The van der Waals surface area contributed by atoms with E-state index in [4.69, 9.17) is 4.74 Å². The lowest BCUT2D eigenvalue weighted by atomic mass is 9.97. The van der Waals surface area contributed by atoms with Crippen molar-refractivity contribution < 1.29 is 9.53 Å². The van der Waals surface area contributed by atoms with Crippen molar-refractivity contribution in [2.24, 2.45) is 5.92 Å². The van der Waals surface area contributed by atoms with E-state index in [9.17, 15) is 4.79 Å². The predicted molar refractivity (Wildman–Crippen MR) is 76.7 cm³/mol. The fourth-order valence-electron chi connectivity index (χ4n) is 1.73. The minimum absolute atomic E-state index is 0.131. The van der Waals surface area contributed by atoms with Crippen LogP contribution in [0.1, 0.15) is 60.8 Å². The van der Waals surface area contributed by atoms with Gasteiger partial charge in [0.2, 0.25) is 0 Å². The Morgan fingerprint density at radius 1 is 1.33 bits per heavy atom. The summed E-state index contributed by atoms with van der Waals surface area (Å²) in [4.78, 5) is 11.6. The molecule has 0 saturated carbocycles. The lowest BCUT2D eigenvalue weighted by molar-refractivity contribution is 0.0503. The molecule has 0 aliphatic carbocycles. The second-order valence-corrected chi connectivity index (χ2v) is 5.79. The van der Waals surface area contributed by atoms with Crippen molar-refractivity contribution in [3.63, 3.8) is 0 Å². The van der Waals surface area contributed by atoms with Crippen molar-refractivity contribution in [3.8, 4) is 0 Å². The Labute approximate surface area is 112 Å². The summed E-state index contributed by atoms with van der Waals surface area (Å²) >= 11 is 0. The van der Waals surface area contributed by atoms with Crippen LogP contribution in [0.2, 0.25) is 0 Å². The Hall–Kier alpha value is -0.990. The van der Waals surface area contributed by atoms with Crippen molar-refractivity contribution >= 4 is 6.09 Å². The minimum Gasteiger partial charge on any atom is -0.444 e.